The molecule has 0 aliphatic carbocycles. The molecular weight excluding hydrogens is 245 g/mol. The first-order valence-electron chi connectivity index (χ1n) is 6.29. The van der Waals surface area contributed by atoms with Gasteiger partial charge in [0.05, 0.1) is 11.0 Å². The molecule has 1 amide bonds. The van der Waals surface area contributed by atoms with Gasteiger partial charge in [0, 0.05) is 18.4 Å². The van der Waals surface area contributed by atoms with Gasteiger partial charge in [-0.05, 0) is 18.2 Å². The van der Waals surface area contributed by atoms with E-state index in [1.807, 2.05) is 20.8 Å². The molecule has 1 aromatic carbocycles. The van der Waals surface area contributed by atoms with Gasteiger partial charge >= 0.3 is 0 Å². The number of hydrogen-bond acceptors (Lipinski definition) is 2. The molecule has 0 spiro atoms. The van der Waals surface area contributed by atoms with Crippen molar-refractivity contribution in [1.29, 1.82) is 0 Å². The van der Waals surface area contributed by atoms with Crippen molar-refractivity contribution in [3.8, 4) is 0 Å². The van der Waals surface area contributed by atoms with Gasteiger partial charge in [0.1, 0.15) is 11.6 Å². The summed E-state index contributed by atoms with van der Waals surface area (Å²) in [6.45, 7) is 6.11. The fraction of sp³-hybridized carbons (Fsp3) is 0.429. The van der Waals surface area contributed by atoms with E-state index in [0.717, 1.165) is 11.3 Å². The summed E-state index contributed by atoms with van der Waals surface area (Å²) in [7, 11) is 0. The van der Waals surface area contributed by atoms with E-state index < -0.39 is 5.41 Å². The number of imidazole rings is 1. The first kappa shape index (κ1) is 13.5. The number of aromatic nitrogens is 2. The molecule has 0 aliphatic heterocycles. The predicted octanol–water partition coefficient (Wildman–Crippen LogP) is 2.41. The molecule has 0 bridgehead atoms. The molecule has 0 unspecified atom stereocenters. The Bertz CT molecular complexity index is 598. The maximum absolute atomic E-state index is 13.0. The van der Waals surface area contributed by atoms with Crippen LogP contribution in [0.25, 0.3) is 11.0 Å². The lowest BCUT2D eigenvalue weighted by atomic mass is 9.96. The summed E-state index contributed by atoms with van der Waals surface area (Å²) in [6.07, 6.45) is 0.595. The number of aromatic amines is 1. The molecular formula is C14H18FN3O. The second-order valence-corrected chi connectivity index (χ2v) is 5.60. The second kappa shape index (κ2) is 4.99. The third-order valence-corrected chi connectivity index (χ3v) is 2.82. The SMILES string of the molecule is CC(C)(C)C(=O)NCCc1nc2ccc(F)cc2[nH]1. The van der Waals surface area contributed by atoms with Gasteiger partial charge in [-0.3, -0.25) is 4.79 Å². The van der Waals surface area contributed by atoms with Crippen molar-refractivity contribution in [3.05, 3.63) is 29.8 Å². The zero-order chi connectivity index (χ0) is 14.0. The molecule has 5 heteroatoms. The van der Waals surface area contributed by atoms with Crippen LogP contribution in [0.2, 0.25) is 0 Å². The molecule has 0 aliphatic rings. The van der Waals surface area contributed by atoms with Crippen molar-refractivity contribution in [1.82, 2.24) is 15.3 Å². The first-order chi connectivity index (χ1) is 8.86. The Balaban J connectivity index is 1.97. The number of H-pyrrole nitrogens is 1. The van der Waals surface area contributed by atoms with E-state index in [-0.39, 0.29) is 11.7 Å². The Hall–Kier alpha value is -1.91. The number of halogens is 1. The summed E-state index contributed by atoms with van der Waals surface area (Å²) in [4.78, 5) is 19.1. The largest absolute Gasteiger partial charge is 0.355 e. The second-order valence-electron chi connectivity index (χ2n) is 5.60. The third-order valence-electron chi connectivity index (χ3n) is 2.82. The predicted molar refractivity (Wildman–Crippen MR) is 72.2 cm³/mol. The van der Waals surface area contributed by atoms with Crippen molar-refractivity contribution < 1.29 is 9.18 Å². The number of amides is 1. The molecule has 0 atom stereocenters. The Morgan fingerprint density at radius 2 is 2.16 bits per heavy atom. The van der Waals surface area contributed by atoms with E-state index in [9.17, 15) is 9.18 Å². The van der Waals surface area contributed by atoms with Crippen molar-refractivity contribution in [2.75, 3.05) is 6.54 Å². The smallest absolute Gasteiger partial charge is 0.225 e. The average Bonchev–Trinajstić information content (AvgIpc) is 2.69. The molecule has 102 valence electrons. The van der Waals surface area contributed by atoms with Gasteiger partial charge in [0.25, 0.3) is 0 Å². The van der Waals surface area contributed by atoms with E-state index in [2.05, 4.69) is 15.3 Å². The Morgan fingerprint density at radius 3 is 2.84 bits per heavy atom. The molecule has 2 aromatic rings. The van der Waals surface area contributed by atoms with Crippen LogP contribution in [0.3, 0.4) is 0 Å². The zero-order valence-electron chi connectivity index (χ0n) is 11.4. The Kier molecular flexibility index (Phi) is 3.55. The summed E-state index contributed by atoms with van der Waals surface area (Å²) in [5.41, 5.74) is 1.02. The van der Waals surface area contributed by atoms with Gasteiger partial charge in [-0.15, -0.1) is 0 Å². The van der Waals surface area contributed by atoms with Gasteiger partial charge < -0.3 is 10.3 Å². The molecule has 0 radical (unpaired) electrons. The maximum atomic E-state index is 13.0. The third kappa shape index (κ3) is 3.30. The van der Waals surface area contributed by atoms with Gasteiger partial charge in [-0.25, -0.2) is 9.37 Å². The van der Waals surface area contributed by atoms with Gasteiger partial charge in [-0.2, -0.15) is 0 Å². The summed E-state index contributed by atoms with van der Waals surface area (Å²) in [5.74, 6) is 0.466. The molecule has 0 fully saturated rings. The first-order valence-corrected chi connectivity index (χ1v) is 6.29. The highest BCUT2D eigenvalue weighted by Gasteiger charge is 2.20. The molecule has 19 heavy (non-hydrogen) atoms. The number of carbonyl (C=O) groups excluding carboxylic acids is 1. The lowest BCUT2D eigenvalue weighted by molar-refractivity contribution is -0.128. The highest BCUT2D eigenvalue weighted by atomic mass is 19.1. The minimum atomic E-state index is -0.392. The highest BCUT2D eigenvalue weighted by Crippen LogP contribution is 2.14. The number of rotatable bonds is 3. The molecule has 0 saturated heterocycles. The highest BCUT2D eigenvalue weighted by molar-refractivity contribution is 5.81. The van der Waals surface area contributed by atoms with Gasteiger partial charge in [0.2, 0.25) is 5.91 Å². The average molecular weight is 263 g/mol. The summed E-state index contributed by atoms with van der Waals surface area (Å²) < 4.78 is 13.0. The topological polar surface area (TPSA) is 57.8 Å². The molecule has 0 saturated carbocycles. The lowest BCUT2D eigenvalue weighted by Crippen LogP contribution is -2.36. The number of hydrogen-bond donors (Lipinski definition) is 2. The molecule has 1 aromatic heterocycles. The minimum absolute atomic E-state index is 0.00894. The van der Waals surface area contributed by atoms with Crippen molar-refractivity contribution in [2.45, 2.75) is 27.2 Å². The zero-order valence-corrected chi connectivity index (χ0v) is 11.4. The number of nitrogens with zero attached hydrogens (tertiary/aromatic N) is 1. The fourth-order valence-electron chi connectivity index (χ4n) is 1.71. The summed E-state index contributed by atoms with van der Waals surface area (Å²) in [6, 6.07) is 4.44. The van der Waals surface area contributed by atoms with Crippen molar-refractivity contribution in [3.63, 3.8) is 0 Å². The van der Waals surface area contributed by atoms with Crippen LogP contribution < -0.4 is 5.32 Å². The number of benzene rings is 1. The number of fused-ring (bicyclic) bond motifs is 1. The van der Waals surface area contributed by atoms with Gasteiger partial charge in [-0.1, -0.05) is 20.8 Å². The van der Waals surface area contributed by atoms with Crippen molar-refractivity contribution >= 4 is 16.9 Å². The van der Waals surface area contributed by atoms with Crippen LogP contribution >= 0.6 is 0 Å². The van der Waals surface area contributed by atoms with Crippen molar-refractivity contribution in [2.24, 2.45) is 5.41 Å². The number of nitrogens with one attached hydrogen (secondary N) is 2. The van der Waals surface area contributed by atoms with E-state index in [0.29, 0.717) is 18.5 Å². The number of carbonyl (C=O) groups is 1. The standard InChI is InChI=1S/C14H18FN3O/c1-14(2,3)13(19)16-7-6-12-17-10-5-4-9(15)8-11(10)18-12/h4-5,8H,6-7H2,1-3H3,(H,16,19)(H,17,18). The molecule has 1 heterocycles. The van der Waals surface area contributed by atoms with Crippen LogP contribution in [0, 0.1) is 11.2 Å². The van der Waals surface area contributed by atoms with Crippen LogP contribution in [0.4, 0.5) is 4.39 Å². The monoisotopic (exact) mass is 263 g/mol. The van der Waals surface area contributed by atoms with Crippen LogP contribution in [0.15, 0.2) is 18.2 Å². The van der Waals surface area contributed by atoms with E-state index >= 15 is 0 Å². The van der Waals surface area contributed by atoms with Gasteiger partial charge in [0.15, 0.2) is 0 Å². The molecule has 4 nitrogen and oxygen atoms in total. The lowest BCUT2D eigenvalue weighted by Gasteiger charge is -2.17. The van der Waals surface area contributed by atoms with Crippen LogP contribution in [0.5, 0.6) is 0 Å². The van der Waals surface area contributed by atoms with E-state index in [4.69, 9.17) is 0 Å². The molecule has 2 N–H and O–H groups in total. The van der Waals surface area contributed by atoms with E-state index in [1.165, 1.54) is 12.1 Å². The van der Waals surface area contributed by atoms with Crippen LogP contribution in [0.1, 0.15) is 26.6 Å². The molecule has 2 rings (SSSR count). The van der Waals surface area contributed by atoms with E-state index in [1.54, 1.807) is 6.07 Å². The van der Waals surface area contributed by atoms with Crippen LogP contribution in [-0.4, -0.2) is 22.4 Å². The fourth-order valence-corrected chi connectivity index (χ4v) is 1.71. The Morgan fingerprint density at radius 1 is 1.42 bits per heavy atom. The van der Waals surface area contributed by atoms with Crippen LogP contribution in [-0.2, 0) is 11.2 Å². The normalized spacial score (nSPS) is 11.8. The minimum Gasteiger partial charge on any atom is -0.355 e. The summed E-state index contributed by atoms with van der Waals surface area (Å²) in [5, 5.41) is 2.85. The summed E-state index contributed by atoms with van der Waals surface area (Å²) >= 11 is 0. The Labute approximate surface area is 111 Å². The maximum Gasteiger partial charge on any atom is 0.225 e. The quantitative estimate of drug-likeness (QED) is 0.893.